The van der Waals surface area contributed by atoms with Gasteiger partial charge in [0.05, 0.1) is 11.4 Å². The minimum atomic E-state index is 0.294. The Bertz CT molecular complexity index is 923. The molecule has 28 heavy (non-hydrogen) atoms. The van der Waals surface area contributed by atoms with Crippen LogP contribution in [0.25, 0.3) is 0 Å². The predicted molar refractivity (Wildman–Crippen MR) is 115 cm³/mol. The number of hydrogen-bond acceptors (Lipinski definition) is 4. The van der Waals surface area contributed by atoms with Gasteiger partial charge in [-0.15, -0.1) is 0 Å². The van der Waals surface area contributed by atoms with E-state index in [-0.39, 0.29) is 0 Å². The van der Waals surface area contributed by atoms with Crippen LogP contribution in [0.3, 0.4) is 0 Å². The Kier molecular flexibility index (Phi) is 5.68. The fourth-order valence-corrected chi connectivity index (χ4v) is 4.12. The first-order valence-electron chi connectivity index (χ1n) is 10.1. The molecule has 3 aromatic rings. The molecule has 0 saturated heterocycles. The number of aryl methyl sites for hydroxylation is 2. The van der Waals surface area contributed by atoms with E-state index in [4.69, 9.17) is 0 Å². The Balaban J connectivity index is 1.49. The number of fused-ring (bicyclic) bond motifs is 1. The zero-order chi connectivity index (χ0) is 19.3. The summed E-state index contributed by atoms with van der Waals surface area (Å²) < 4.78 is 0. The zero-order valence-corrected chi connectivity index (χ0v) is 16.7. The maximum Gasteiger partial charge on any atom is 0.0638 e. The maximum atomic E-state index is 4.60. The van der Waals surface area contributed by atoms with Gasteiger partial charge in [0, 0.05) is 36.1 Å². The van der Waals surface area contributed by atoms with Crippen LogP contribution in [0.4, 0.5) is 5.69 Å². The number of rotatable bonds is 6. The van der Waals surface area contributed by atoms with Crippen molar-refractivity contribution >= 4 is 5.69 Å². The zero-order valence-electron chi connectivity index (χ0n) is 16.7. The molecule has 4 heteroatoms. The monoisotopic (exact) mass is 372 g/mol. The van der Waals surface area contributed by atoms with Crippen LogP contribution < -0.4 is 10.6 Å². The highest BCUT2D eigenvalue weighted by Crippen LogP contribution is 2.31. The van der Waals surface area contributed by atoms with E-state index in [2.05, 4.69) is 76.1 Å². The molecule has 4 rings (SSSR count). The van der Waals surface area contributed by atoms with Gasteiger partial charge >= 0.3 is 0 Å². The average Bonchev–Trinajstić information content (AvgIpc) is 2.73. The summed E-state index contributed by atoms with van der Waals surface area (Å²) in [5.41, 5.74) is 7.21. The van der Waals surface area contributed by atoms with E-state index in [1.54, 1.807) is 0 Å². The van der Waals surface area contributed by atoms with Crippen molar-refractivity contribution in [3.8, 4) is 0 Å². The van der Waals surface area contributed by atoms with Crippen molar-refractivity contribution in [1.29, 1.82) is 0 Å². The summed E-state index contributed by atoms with van der Waals surface area (Å²) in [7, 11) is 0. The third-order valence-electron chi connectivity index (χ3n) is 5.62. The largest absolute Gasteiger partial charge is 0.383 e. The van der Waals surface area contributed by atoms with Crippen LogP contribution >= 0.6 is 0 Å². The van der Waals surface area contributed by atoms with E-state index in [1.165, 1.54) is 22.5 Å². The number of aromatic nitrogens is 2. The second-order valence-corrected chi connectivity index (χ2v) is 7.63. The highest BCUT2D eigenvalue weighted by Gasteiger charge is 2.27. The molecule has 1 aliphatic heterocycles. The second-order valence-electron chi connectivity index (χ2n) is 7.63. The molecule has 0 aliphatic carbocycles. The topological polar surface area (TPSA) is 49.8 Å². The van der Waals surface area contributed by atoms with E-state index >= 15 is 0 Å². The third kappa shape index (κ3) is 4.23. The number of nitrogens with one attached hydrogen (secondary N) is 2. The SMILES string of the molecule is Cc1ccc(CCN[C@H](c2ccccc2)[C@H]2CNc3cccnc3C2)c(C)n1. The van der Waals surface area contributed by atoms with Crippen molar-refractivity contribution in [2.24, 2.45) is 5.92 Å². The van der Waals surface area contributed by atoms with Crippen molar-refractivity contribution in [2.45, 2.75) is 32.7 Å². The quantitative estimate of drug-likeness (QED) is 0.679. The molecule has 0 saturated carbocycles. The molecule has 2 aromatic heterocycles. The highest BCUT2D eigenvalue weighted by molar-refractivity contribution is 5.50. The predicted octanol–water partition coefficient (Wildman–Crippen LogP) is 4.25. The van der Waals surface area contributed by atoms with Gasteiger partial charge in [-0.2, -0.15) is 0 Å². The standard InChI is InChI=1S/C24H28N4/c1-17-10-11-19(18(2)28-17)12-14-26-24(20-7-4-3-5-8-20)21-15-23-22(27-16-21)9-6-13-25-23/h3-11,13,21,24,26-27H,12,14-16H2,1-2H3/t21-,24-/m1/s1. The van der Waals surface area contributed by atoms with Gasteiger partial charge in [0.2, 0.25) is 0 Å². The van der Waals surface area contributed by atoms with E-state index in [9.17, 15) is 0 Å². The molecule has 2 atom stereocenters. The van der Waals surface area contributed by atoms with Crippen LogP contribution in [0.1, 0.15) is 34.3 Å². The molecule has 0 unspecified atom stereocenters. The molecule has 0 spiro atoms. The third-order valence-corrected chi connectivity index (χ3v) is 5.62. The molecule has 4 nitrogen and oxygen atoms in total. The minimum Gasteiger partial charge on any atom is -0.383 e. The Hall–Kier alpha value is -2.72. The smallest absolute Gasteiger partial charge is 0.0638 e. The Morgan fingerprint density at radius 3 is 2.75 bits per heavy atom. The van der Waals surface area contributed by atoms with Gasteiger partial charge in [-0.05, 0) is 62.6 Å². The van der Waals surface area contributed by atoms with Crippen molar-refractivity contribution in [1.82, 2.24) is 15.3 Å². The molecule has 1 aliphatic rings. The maximum absolute atomic E-state index is 4.60. The van der Waals surface area contributed by atoms with Gasteiger partial charge in [0.25, 0.3) is 0 Å². The molecule has 3 heterocycles. The number of hydrogen-bond donors (Lipinski definition) is 2. The highest BCUT2D eigenvalue weighted by atomic mass is 15.0. The summed E-state index contributed by atoms with van der Waals surface area (Å²) in [4.78, 5) is 9.19. The summed E-state index contributed by atoms with van der Waals surface area (Å²) in [6.07, 6.45) is 3.86. The number of pyridine rings is 2. The first kappa shape index (κ1) is 18.6. The van der Waals surface area contributed by atoms with Crippen molar-refractivity contribution < 1.29 is 0 Å². The normalized spacial score (nSPS) is 16.9. The Morgan fingerprint density at radius 1 is 1.07 bits per heavy atom. The van der Waals surface area contributed by atoms with Crippen molar-refractivity contribution in [3.05, 3.63) is 89.0 Å². The lowest BCUT2D eigenvalue weighted by Crippen LogP contribution is -2.37. The van der Waals surface area contributed by atoms with Crippen molar-refractivity contribution in [3.63, 3.8) is 0 Å². The van der Waals surface area contributed by atoms with E-state index < -0.39 is 0 Å². The number of benzene rings is 1. The molecule has 0 amide bonds. The van der Waals surface area contributed by atoms with Crippen LogP contribution in [0.15, 0.2) is 60.8 Å². The fraction of sp³-hybridized carbons (Fsp3) is 0.333. The minimum absolute atomic E-state index is 0.294. The van der Waals surface area contributed by atoms with E-state index in [0.29, 0.717) is 12.0 Å². The molecule has 2 N–H and O–H groups in total. The van der Waals surface area contributed by atoms with Gasteiger partial charge in [-0.1, -0.05) is 36.4 Å². The fourth-order valence-electron chi connectivity index (χ4n) is 4.12. The lowest BCUT2D eigenvalue weighted by molar-refractivity contribution is 0.365. The van der Waals surface area contributed by atoms with E-state index in [0.717, 1.165) is 37.3 Å². The Labute approximate surface area is 167 Å². The summed E-state index contributed by atoms with van der Waals surface area (Å²) in [5.74, 6) is 0.460. The summed E-state index contributed by atoms with van der Waals surface area (Å²) >= 11 is 0. The van der Waals surface area contributed by atoms with Crippen LogP contribution in [-0.2, 0) is 12.8 Å². The van der Waals surface area contributed by atoms with E-state index in [1.807, 2.05) is 19.2 Å². The average molecular weight is 373 g/mol. The lowest BCUT2D eigenvalue weighted by atomic mass is 9.86. The lowest BCUT2D eigenvalue weighted by Gasteiger charge is -2.33. The molecule has 0 radical (unpaired) electrons. The first-order valence-corrected chi connectivity index (χ1v) is 10.1. The molecule has 0 bridgehead atoms. The van der Waals surface area contributed by atoms with Crippen molar-refractivity contribution in [2.75, 3.05) is 18.4 Å². The molecule has 1 aromatic carbocycles. The summed E-state index contributed by atoms with van der Waals surface area (Å²) in [6.45, 7) is 6.03. The summed E-state index contributed by atoms with van der Waals surface area (Å²) in [5, 5.41) is 7.41. The van der Waals surface area contributed by atoms with Crippen LogP contribution in [-0.4, -0.2) is 23.1 Å². The molecular weight excluding hydrogens is 344 g/mol. The van der Waals surface area contributed by atoms with Crippen LogP contribution in [0.5, 0.6) is 0 Å². The number of anilines is 1. The summed E-state index contributed by atoms with van der Waals surface area (Å²) in [6, 6.07) is 19.5. The van der Waals surface area contributed by atoms with Gasteiger partial charge in [-0.25, -0.2) is 0 Å². The molecule has 144 valence electrons. The molecular formula is C24H28N4. The second kappa shape index (κ2) is 8.53. The van der Waals surface area contributed by atoms with Gasteiger partial charge in [0.15, 0.2) is 0 Å². The van der Waals surface area contributed by atoms with Crippen LogP contribution in [0, 0.1) is 19.8 Å². The Morgan fingerprint density at radius 2 is 1.93 bits per heavy atom. The van der Waals surface area contributed by atoms with Gasteiger partial charge < -0.3 is 10.6 Å². The van der Waals surface area contributed by atoms with Gasteiger partial charge in [-0.3, -0.25) is 9.97 Å². The first-order chi connectivity index (χ1) is 13.7. The van der Waals surface area contributed by atoms with Crippen LogP contribution in [0.2, 0.25) is 0 Å². The number of nitrogens with zero attached hydrogens (tertiary/aromatic N) is 2. The van der Waals surface area contributed by atoms with Gasteiger partial charge in [0.1, 0.15) is 0 Å². The molecule has 0 fully saturated rings.